The molecule has 2 amide bonds. The maximum Gasteiger partial charge on any atom is 0.253 e. The van der Waals surface area contributed by atoms with Crippen LogP contribution in [-0.4, -0.2) is 52.8 Å². The van der Waals surface area contributed by atoms with Crippen molar-refractivity contribution in [2.75, 3.05) is 26.2 Å². The van der Waals surface area contributed by atoms with Crippen molar-refractivity contribution in [3.05, 3.63) is 78.1 Å². The molecule has 5 heteroatoms. The first kappa shape index (κ1) is 23.5. The van der Waals surface area contributed by atoms with Crippen LogP contribution in [0.2, 0.25) is 0 Å². The number of fused-ring (bicyclic) bond motifs is 1. The normalized spacial score (nSPS) is 20.4. The van der Waals surface area contributed by atoms with Gasteiger partial charge in [0.15, 0.2) is 0 Å². The molecule has 5 rings (SSSR count). The Hall–Kier alpha value is -3.21. The van der Waals surface area contributed by atoms with Gasteiger partial charge in [-0.05, 0) is 67.5 Å². The van der Waals surface area contributed by atoms with E-state index in [0.29, 0.717) is 19.0 Å². The Morgan fingerprint density at radius 2 is 1.63 bits per heavy atom. The van der Waals surface area contributed by atoms with E-state index in [4.69, 9.17) is 0 Å². The number of carbonyl (C=O) groups is 2. The average molecular weight is 470 g/mol. The summed E-state index contributed by atoms with van der Waals surface area (Å²) in [5.74, 6) is 0.913. The van der Waals surface area contributed by atoms with Crippen molar-refractivity contribution in [3.63, 3.8) is 0 Å². The van der Waals surface area contributed by atoms with Crippen LogP contribution in [0.3, 0.4) is 0 Å². The first-order valence-electron chi connectivity index (χ1n) is 13.0. The molecule has 3 aromatic rings. The third-order valence-corrected chi connectivity index (χ3v) is 8.09. The van der Waals surface area contributed by atoms with Crippen molar-refractivity contribution in [1.29, 1.82) is 0 Å². The van der Waals surface area contributed by atoms with Crippen LogP contribution < -0.4 is 0 Å². The number of piperidine rings is 1. The van der Waals surface area contributed by atoms with Gasteiger partial charge in [0, 0.05) is 54.9 Å². The molecule has 0 spiro atoms. The highest BCUT2D eigenvalue weighted by molar-refractivity contribution is 5.94. The van der Waals surface area contributed by atoms with Crippen molar-refractivity contribution in [3.8, 4) is 0 Å². The van der Waals surface area contributed by atoms with Gasteiger partial charge in [-0.15, -0.1) is 0 Å². The van der Waals surface area contributed by atoms with Crippen LogP contribution >= 0.6 is 0 Å². The third-order valence-electron chi connectivity index (χ3n) is 8.09. The Labute approximate surface area is 208 Å². The molecule has 0 bridgehead atoms. The summed E-state index contributed by atoms with van der Waals surface area (Å²) < 4.78 is 0. The van der Waals surface area contributed by atoms with E-state index < -0.39 is 0 Å². The highest BCUT2D eigenvalue weighted by Crippen LogP contribution is 2.35. The highest BCUT2D eigenvalue weighted by atomic mass is 16.2. The Morgan fingerprint density at radius 3 is 2.43 bits per heavy atom. The van der Waals surface area contributed by atoms with Crippen molar-refractivity contribution in [2.24, 2.45) is 11.3 Å². The molecule has 2 saturated heterocycles. The molecule has 2 aliphatic heterocycles. The first-order valence-corrected chi connectivity index (χ1v) is 13.0. The number of aromatic nitrogens is 1. The zero-order valence-electron chi connectivity index (χ0n) is 20.7. The van der Waals surface area contributed by atoms with Crippen LogP contribution in [0, 0.1) is 11.3 Å². The molecule has 2 aromatic carbocycles. The van der Waals surface area contributed by atoms with E-state index in [2.05, 4.69) is 41.1 Å². The number of amides is 2. The van der Waals surface area contributed by atoms with Crippen molar-refractivity contribution in [1.82, 2.24) is 14.8 Å². The van der Waals surface area contributed by atoms with Gasteiger partial charge in [0.1, 0.15) is 0 Å². The molecule has 2 aliphatic rings. The van der Waals surface area contributed by atoms with Crippen molar-refractivity contribution >= 4 is 22.6 Å². The lowest BCUT2D eigenvalue weighted by molar-refractivity contribution is -0.143. The zero-order valence-corrected chi connectivity index (χ0v) is 20.7. The number of likely N-dealkylation sites (tertiary alicyclic amines) is 2. The Balaban J connectivity index is 1.18. The molecular formula is C30H35N3O2. The second kappa shape index (κ2) is 10.2. The molecule has 1 unspecified atom stereocenters. The summed E-state index contributed by atoms with van der Waals surface area (Å²) in [6, 6.07) is 17.9. The summed E-state index contributed by atoms with van der Waals surface area (Å²) >= 11 is 0. The number of carbonyl (C=O) groups excluding carboxylic acids is 2. The summed E-state index contributed by atoms with van der Waals surface area (Å²) in [7, 11) is 0. The van der Waals surface area contributed by atoms with Crippen LogP contribution in [-0.2, 0) is 11.2 Å². The fraction of sp³-hybridized carbons (Fsp3) is 0.433. The Morgan fingerprint density at radius 1 is 0.886 bits per heavy atom. The van der Waals surface area contributed by atoms with E-state index in [1.807, 2.05) is 47.6 Å². The Kier molecular flexibility index (Phi) is 6.85. The van der Waals surface area contributed by atoms with Crippen LogP contribution in [0.1, 0.15) is 54.9 Å². The molecular weight excluding hydrogens is 434 g/mol. The van der Waals surface area contributed by atoms with E-state index >= 15 is 0 Å². The SMILES string of the molecule is CC1(C(=O)N2CCCC(Cc3cncc4ccccc34)CC2)CCN(C(=O)c2ccccc2)CC1. The number of benzene rings is 2. The maximum absolute atomic E-state index is 13.6. The zero-order chi connectivity index (χ0) is 24.3. The largest absolute Gasteiger partial charge is 0.342 e. The standard InChI is InChI=1S/C30H35N3O2/c1-30(14-18-32(19-15-30)28(34)24-9-3-2-4-10-24)29(35)33-16-7-8-23(13-17-33)20-26-22-31-21-25-11-5-6-12-27(25)26/h2-6,9-12,21-23H,7-8,13-20H2,1H3. The lowest BCUT2D eigenvalue weighted by Crippen LogP contribution is -2.50. The second-order valence-corrected chi connectivity index (χ2v) is 10.5. The molecule has 0 aliphatic carbocycles. The van der Waals surface area contributed by atoms with Crippen LogP contribution in [0.25, 0.3) is 10.8 Å². The van der Waals surface area contributed by atoms with Crippen molar-refractivity contribution in [2.45, 2.75) is 45.4 Å². The minimum Gasteiger partial charge on any atom is -0.342 e. The van der Waals surface area contributed by atoms with Gasteiger partial charge in [-0.3, -0.25) is 14.6 Å². The summed E-state index contributed by atoms with van der Waals surface area (Å²) in [6.45, 7) is 5.04. The van der Waals surface area contributed by atoms with Crippen LogP contribution in [0.15, 0.2) is 67.0 Å². The van der Waals surface area contributed by atoms with Gasteiger partial charge in [0.25, 0.3) is 5.91 Å². The molecule has 0 N–H and O–H groups in total. The summed E-state index contributed by atoms with van der Waals surface area (Å²) in [5.41, 5.74) is 1.66. The number of rotatable bonds is 4. The van der Waals surface area contributed by atoms with E-state index in [0.717, 1.165) is 57.2 Å². The predicted octanol–water partition coefficient (Wildman–Crippen LogP) is 5.35. The number of nitrogens with zero attached hydrogens (tertiary/aromatic N) is 3. The topological polar surface area (TPSA) is 53.5 Å². The molecule has 35 heavy (non-hydrogen) atoms. The fourth-order valence-electron chi connectivity index (χ4n) is 5.79. The van der Waals surface area contributed by atoms with E-state index in [1.54, 1.807) is 0 Å². The lowest BCUT2D eigenvalue weighted by atomic mass is 9.78. The number of hydrogen-bond donors (Lipinski definition) is 0. The molecule has 0 saturated carbocycles. The van der Waals surface area contributed by atoms with Gasteiger partial charge in [-0.25, -0.2) is 0 Å². The van der Waals surface area contributed by atoms with E-state index in [-0.39, 0.29) is 17.2 Å². The molecule has 182 valence electrons. The van der Waals surface area contributed by atoms with Gasteiger partial charge in [0.2, 0.25) is 5.91 Å². The number of pyridine rings is 1. The molecule has 0 radical (unpaired) electrons. The highest BCUT2D eigenvalue weighted by Gasteiger charge is 2.41. The lowest BCUT2D eigenvalue weighted by Gasteiger charge is -2.41. The summed E-state index contributed by atoms with van der Waals surface area (Å²) in [6.07, 6.45) is 9.64. The van der Waals surface area contributed by atoms with Gasteiger partial charge in [-0.2, -0.15) is 0 Å². The Bertz CT molecular complexity index is 1180. The van der Waals surface area contributed by atoms with E-state index in [1.165, 1.54) is 16.3 Å². The summed E-state index contributed by atoms with van der Waals surface area (Å²) in [5, 5.41) is 2.49. The van der Waals surface area contributed by atoms with Gasteiger partial charge >= 0.3 is 0 Å². The molecule has 1 aromatic heterocycles. The van der Waals surface area contributed by atoms with Crippen molar-refractivity contribution < 1.29 is 9.59 Å². The number of hydrogen-bond acceptors (Lipinski definition) is 3. The van der Waals surface area contributed by atoms with E-state index in [9.17, 15) is 9.59 Å². The molecule has 3 heterocycles. The minimum atomic E-state index is -0.382. The predicted molar refractivity (Wildman–Crippen MR) is 139 cm³/mol. The smallest absolute Gasteiger partial charge is 0.253 e. The second-order valence-electron chi connectivity index (χ2n) is 10.5. The van der Waals surface area contributed by atoms with Crippen LogP contribution in [0.4, 0.5) is 0 Å². The first-order chi connectivity index (χ1) is 17.0. The quantitative estimate of drug-likeness (QED) is 0.518. The summed E-state index contributed by atoms with van der Waals surface area (Å²) in [4.78, 5) is 34.9. The minimum absolute atomic E-state index is 0.0700. The fourth-order valence-corrected chi connectivity index (χ4v) is 5.79. The van der Waals surface area contributed by atoms with Gasteiger partial charge in [-0.1, -0.05) is 49.4 Å². The average Bonchev–Trinajstić information content (AvgIpc) is 3.14. The van der Waals surface area contributed by atoms with Crippen LogP contribution in [0.5, 0.6) is 0 Å². The monoisotopic (exact) mass is 469 g/mol. The van der Waals surface area contributed by atoms with Gasteiger partial charge in [0.05, 0.1) is 0 Å². The molecule has 1 atom stereocenters. The van der Waals surface area contributed by atoms with Gasteiger partial charge < -0.3 is 9.80 Å². The third kappa shape index (κ3) is 5.09. The molecule has 5 nitrogen and oxygen atoms in total. The molecule has 2 fully saturated rings. The maximum atomic E-state index is 13.6.